The van der Waals surface area contributed by atoms with E-state index < -0.39 is 12.6 Å². The lowest BCUT2D eigenvalue weighted by Crippen LogP contribution is -2.59. The molecule has 1 atom stereocenters. The molecule has 1 fully saturated rings. The molecule has 1 heterocycles. The smallest absolute Gasteiger partial charge is 0.314 e. The Kier molecular flexibility index (Phi) is 5.05. The fraction of sp³-hybridized carbons (Fsp3) is 1.00. The molecular weight excluding hydrogens is 217 g/mol. The monoisotopic (exact) mass is 238 g/mol. The van der Waals surface area contributed by atoms with Crippen molar-refractivity contribution in [3.8, 4) is 0 Å². The maximum absolute atomic E-state index is 12.0. The van der Waals surface area contributed by atoms with Gasteiger partial charge in [0.25, 0.3) is 0 Å². The van der Waals surface area contributed by atoms with E-state index in [1.165, 1.54) is 0 Å². The molecule has 1 saturated heterocycles. The van der Waals surface area contributed by atoms with Crippen LogP contribution in [0.4, 0.5) is 13.2 Å². The summed E-state index contributed by atoms with van der Waals surface area (Å²) in [7, 11) is 0. The second-order valence-corrected chi connectivity index (χ2v) is 4.50. The minimum absolute atomic E-state index is 0.237. The Morgan fingerprint density at radius 2 is 2.00 bits per heavy atom. The van der Waals surface area contributed by atoms with Crippen LogP contribution in [0.2, 0.25) is 0 Å². The average Bonchev–Trinajstić information content (AvgIpc) is 2.08. The predicted octanol–water partition coefficient (Wildman–Crippen LogP) is 2.40. The van der Waals surface area contributed by atoms with Gasteiger partial charge in [-0.3, -0.25) is 4.90 Å². The van der Waals surface area contributed by atoms with Crippen LogP contribution in [0.3, 0.4) is 0 Å². The molecule has 96 valence electrons. The van der Waals surface area contributed by atoms with E-state index in [9.17, 15) is 13.2 Å². The summed E-state index contributed by atoms with van der Waals surface area (Å²) in [5, 5.41) is 3.19. The molecule has 0 aromatic carbocycles. The summed E-state index contributed by atoms with van der Waals surface area (Å²) >= 11 is 0. The van der Waals surface area contributed by atoms with Gasteiger partial charge in [-0.05, 0) is 26.3 Å². The molecule has 1 N–H and O–H groups in total. The first-order chi connectivity index (χ1) is 7.44. The molecule has 0 aromatic heterocycles. The van der Waals surface area contributed by atoms with E-state index >= 15 is 0 Å². The van der Waals surface area contributed by atoms with Crippen molar-refractivity contribution in [3.63, 3.8) is 0 Å². The van der Waals surface area contributed by atoms with Gasteiger partial charge in [0.1, 0.15) is 0 Å². The van der Waals surface area contributed by atoms with E-state index in [1.807, 2.05) is 6.92 Å². The molecule has 1 aliphatic heterocycles. The molecule has 1 rings (SSSR count). The lowest BCUT2D eigenvalue weighted by Gasteiger charge is -2.41. The molecule has 16 heavy (non-hydrogen) atoms. The Balaban J connectivity index is 2.24. The van der Waals surface area contributed by atoms with Crippen LogP contribution in [-0.4, -0.2) is 42.8 Å². The SMILES string of the molecule is CCN(C(C)CCCC(F)(F)F)C1CNC1. The Hall–Kier alpha value is -0.290. The largest absolute Gasteiger partial charge is 0.389 e. The molecule has 1 unspecified atom stereocenters. The molecule has 5 heteroatoms. The third-order valence-electron chi connectivity index (χ3n) is 3.24. The highest BCUT2D eigenvalue weighted by Gasteiger charge is 2.29. The van der Waals surface area contributed by atoms with Gasteiger partial charge in [-0.2, -0.15) is 13.2 Å². The number of alkyl halides is 3. The molecule has 0 aromatic rings. The van der Waals surface area contributed by atoms with Gasteiger partial charge in [0, 0.05) is 31.6 Å². The zero-order valence-corrected chi connectivity index (χ0v) is 9.98. The number of rotatable bonds is 6. The molecule has 0 bridgehead atoms. The standard InChI is InChI=1S/C11H21F3N2/c1-3-16(10-7-15-8-10)9(2)5-4-6-11(12,13)14/h9-10,15H,3-8H2,1-2H3. The number of halogens is 3. The summed E-state index contributed by atoms with van der Waals surface area (Å²) in [6, 6.07) is 0.769. The van der Waals surface area contributed by atoms with E-state index in [1.54, 1.807) is 0 Å². The van der Waals surface area contributed by atoms with Crippen LogP contribution < -0.4 is 5.32 Å². The lowest BCUT2D eigenvalue weighted by atomic mass is 10.0. The van der Waals surface area contributed by atoms with Gasteiger partial charge < -0.3 is 5.32 Å². The van der Waals surface area contributed by atoms with E-state index in [0.717, 1.165) is 19.6 Å². The van der Waals surface area contributed by atoms with Crippen LogP contribution in [0, 0.1) is 0 Å². The van der Waals surface area contributed by atoms with Crippen LogP contribution in [0.5, 0.6) is 0 Å². The third-order valence-corrected chi connectivity index (χ3v) is 3.24. The normalized spacial score (nSPS) is 19.9. The predicted molar refractivity (Wildman–Crippen MR) is 58.4 cm³/mol. The summed E-state index contributed by atoms with van der Waals surface area (Å²) in [6.45, 7) is 6.95. The molecule has 2 nitrogen and oxygen atoms in total. The number of nitrogens with zero attached hydrogens (tertiary/aromatic N) is 1. The van der Waals surface area contributed by atoms with Crippen molar-refractivity contribution in [2.24, 2.45) is 0 Å². The number of hydrogen-bond donors (Lipinski definition) is 1. The van der Waals surface area contributed by atoms with Gasteiger partial charge in [0.15, 0.2) is 0 Å². The fourth-order valence-electron chi connectivity index (χ4n) is 2.20. The summed E-state index contributed by atoms with van der Waals surface area (Å²) in [6.07, 6.45) is -3.79. The average molecular weight is 238 g/mol. The van der Waals surface area contributed by atoms with Crippen LogP contribution >= 0.6 is 0 Å². The Labute approximate surface area is 95.2 Å². The molecule has 0 radical (unpaired) electrons. The van der Waals surface area contributed by atoms with E-state index in [0.29, 0.717) is 12.5 Å². The highest BCUT2D eigenvalue weighted by atomic mass is 19.4. The maximum Gasteiger partial charge on any atom is 0.389 e. The second kappa shape index (κ2) is 5.87. The van der Waals surface area contributed by atoms with Gasteiger partial charge in [0.05, 0.1) is 0 Å². The quantitative estimate of drug-likeness (QED) is 0.764. The first kappa shape index (κ1) is 13.8. The molecule has 0 spiro atoms. The van der Waals surface area contributed by atoms with Crippen molar-refractivity contribution in [1.29, 1.82) is 0 Å². The Morgan fingerprint density at radius 3 is 2.38 bits per heavy atom. The fourth-order valence-corrected chi connectivity index (χ4v) is 2.20. The summed E-state index contributed by atoms with van der Waals surface area (Å²) in [4.78, 5) is 2.30. The van der Waals surface area contributed by atoms with E-state index in [-0.39, 0.29) is 12.5 Å². The zero-order chi connectivity index (χ0) is 12.2. The Morgan fingerprint density at radius 1 is 1.38 bits per heavy atom. The van der Waals surface area contributed by atoms with E-state index in [4.69, 9.17) is 0 Å². The van der Waals surface area contributed by atoms with E-state index in [2.05, 4.69) is 17.1 Å². The highest BCUT2D eigenvalue weighted by Crippen LogP contribution is 2.24. The van der Waals surface area contributed by atoms with Gasteiger partial charge in [-0.15, -0.1) is 0 Å². The molecule has 0 aliphatic carbocycles. The minimum atomic E-state index is -4.01. The number of nitrogens with one attached hydrogen (secondary N) is 1. The minimum Gasteiger partial charge on any atom is -0.314 e. The van der Waals surface area contributed by atoms with Crippen LogP contribution in [0.1, 0.15) is 33.1 Å². The van der Waals surface area contributed by atoms with Crippen molar-refractivity contribution in [3.05, 3.63) is 0 Å². The van der Waals surface area contributed by atoms with Gasteiger partial charge in [-0.25, -0.2) is 0 Å². The van der Waals surface area contributed by atoms with Crippen LogP contribution in [-0.2, 0) is 0 Å². The molecule has 1 aliphatic rings. The first-order valence-corrected chi connectivity index (χ1v) is 5.97. The van der Waals surface area contributed by atoms with Gasteiger partial charge in [0.2, 0.25) is 0 Å². The molecule has 0 amide bonds. The van der Waals surface area contributed by atoms with Gasteiger partial charge >= 0.3 is 6.18 Å². The summed E-state index contributed by atoms with van der Waals surface area (Å²) < 4.78 is 36.0. The van der Waals surface area contributed by atoms with Crippen LogP contribution in [0.25, 0.3) is 0 Å². The van der Waals surface area contributed by atoms with Crippen molar-refractivity contribution < 1.29 is 13.2 Å². The van der Waals surface area contributed by atoms with Crippen LogP contribution in [0.15, 0.2) is 0 Å². The highest BCUT2D eigenvalue weighted by molar-refractivity contribution is 4.86. The number of hydrogen-bond acceptors (Lipinski definition) is 2. The van der Waals surface area contributed by atoms with Crippen molar-refractivity contribution in [1.82, 2.24) is 10.2 Å². The van der Waals surface area contributed by atoms with Crippen molar-refractivity contribution in [2.45, 2.75) is 51.4 Å². The number of likely N-dealkylation sites (N-methyl/N-ethyl adjacent to an activating group) is 1. The van der Waals surface area contributed by atoms with Gasteiger partial charge in [-0.1, -0.05) is 6.92 Å². The third kappa shape index (κ3) is 4.29. The second-order valence-electron chi connectivity index (χ2n) is 4.50. The zero-order valence-electron chi connectivity index (χ0n) is 9.98. The molecule has 0 saturated carbocycles. The summed E-state index contributed by atoms with van der Waals surface area (Å²) in [5.74, 6) is 0. The summed E-state index contributed by atoms with van der Waals surface area (Å²) in [5.41, 5.74) is 0. The topological polar surface area (TPSA) is 15.3 Å². The first-order valence-electron chi connectivity index (χ1n) is 5.97. The van der Waals surface area contributed by atoms with Crippen molar-refractivity contribution in [2.75, 3.05) is 19.6 Å². The maximum atomic E-state index is 12.0. The molecular formula is C11H21F3N2. The lowest BCUT2D eigenvalue weighted by molar-refractivity contribution is -0.136. The Bertz CT molecular complexity index is 202. The van der Waals surface area contributed by atoms with Crippen molar-refractivity contribution >= 4 is 0 Å².